The smallest absolute Gasteiger partial charge is 0.264 e. The third kappa shape index (κ3) is 3.15. The summed E-state index contributed by atoms with van der Waals surface area (Å²) in [6.45, 7) is -0.279. The molecule has 0 saturated carbocycles. The van der Waals surface area contributed by atoms with Gasteiger partial charge in [-0.05, 0) is 34.1 Å². The first-order chi connectivity index (χ1) is 9.35. The van der Waals surface area contributed by atoms with Gasteiger partial charge in [0.05, 0.1) is 15.4 Å². The lowest BCUT2D eigenvalue weighted by atomic mass is 10.3. The molecule has 0 aliphatic rings. The molecule has 9 heteroatoms. The van der Waals surface area contributed by atoms with E-state index in [1.165, 1.54) is 18.2 Å². The predicted octanol–water partition coefficient (Wildman–Crippen LogP) is 3.60. The second kappa shape index (κ2) is 5.98. The zero-order valence-corrected chi connectivity index (χ0v) is 13.7. The predicted molar refractivity (Wildman–Crippen MR) is 80.2 cm³/mol. The van der Waals surface area contributed by atoms with Crippen molar-refractivity contribution in [3.8, 4) is 0 Å². The van der Waals surface area contributed by atoms with Gasteiger partial charge in [0.1, 0.15) is 16.4 Å². The Morgan fingerprint density at radius 2 is 2.15 bits per heavy atom. The van der Waals surface area contributed by atoms with E-state index in [0.717, 1.165) is 17.4 Å². The topological polar surface area (TPSA) is 66.4 Å². The molecule has 108 valence electrons. The summed E-state index contributed by atoms with van der Waals surface area (Å²) in [5.74, 6) is -0.769. The fourth-order valence-electron chi connectivity index (χ4n) is 1.44. The molecule has 0 aliphatic heterocycles. The summed E-state index contributed by atoms with van der Waals surface area (Å²) in [7, 11) is -4.00. The van der Waals surface area contributed by atoms with E-state index in [0.29, 0.717) is 8.66 Å². The third-order valence-electron chi connectivity index (χ3n) is 2.35. The molecule has 2 rings (SSSR count). The molecule has 20 heavy (non-hydrogen) atoms. The van der Waals surface area contributed by atoms with Crippen LogP contribution in [0.1, 0.15) is 4.88 Å². The summed E-state index contributed by atoms with van der Waals surface area (Å²) in [6, 6.07) is 5.17. The van der Waals surface area contributed by atoms with Crippen molar-refractivity contribution in [1.29, 1.82) is 0 Å². The lowest BCUT2D eigenvalue weighted by molar-refractivity contribution is 0.285. The molecule has 0 fully saturated rings. The highest BCUT2D eigenvalue weighted by Gasteiger charge is 2.23. The number of anilines is 1. The van der Waals surface area contributed by atoms with Crippen molar-refractivity contribution in [1.82, 2.24) is 0 Å². The third-order valence-corrected chi connectivity index (χ3v) is 6.25. The molecule has 0 radical (unpaired) electrons. The Morgan fingerprint density at radius 1 is 1.45 bits per heavy atom. The molecule has 0 unspecified atom stereocenters. The van der Waals surface area contributed by atoms with Gasteiger partial charge in [-0.15, -0.1) is 11.3 Å². The minimum Gasteiger partial charge on any atom is -0.391 e. The van der Waals surface area contributed by atoms with Crippen molar-refractivity contribution < 1.29 is 17.9 Å². The fraction of sp³-hybridized carbons (Fsp3) is 0.0909. The lowest BCUT2D eigenvalue weighted by Gasteiger charge is -2.09. The number of rotatable bonds is 4. The quantitative estimate of drug-likeness (QED) is 0.824. The number of thiophene rings is 1. The van der Waals surface area contributed by atoms with Crippen molar-refractivity contribution in [2.75, 3.05) is 4.72 Å². The molecule has 2 N–H and O–H groups in total. The molecule has 0 spiro atoms. The van der Waals surface area contributed by atoms with Crippen molar-refractivity contribution in [2.45, 2.75) is 11.5 Å². The van der Waals surface area contributed by atoms with E-state index in [9.17, 15) is 12.8 Å². The first-order valence-corrected chi connectivity index (χ1v) is 8.68. The van der Waals surface area contributed by atoms with Crippen LogP contribution in [-0.4, -0.2) is 13.5 Å². The number of aliphatic hydroxyl groups excluding tert-OH is 1. The van der Waals surface area contributed by atoms with E-state index in [1.54, 1.807) is 0 Å². The zero-order valence-electron chi connectivity index (χ0n) is 9.73. The summed E-state index contributed by atoms with van der Waals surface area (Å²) in [5.41, 5.74) is -0.308. The zero-order chi connectivity index (χ0) is 14.9. The number of hydrogen-bond acceptors (Lipinski definition) is 4. The number of nitrogens with one attached hydrogen (secondary N) is 1. The summed E-state index contributed by atoms with van der Waals surface area (Å²) < 4.78 is 40.5. The van der Waals surface area contributed by atoms with Gasteiger partial charge in [-0.25, -0.2) is 12.8 Å². The Morgan fingerprint density at radius 3 is 2.70 bits per heavy atom. The standard InChI is InChI=1S/C11H8BrClFNO3S2/c12-11-9(4-6(5-16)19-11)20(17,18)15-10-7(13)2-1-3-8(10)14/h1-4,15-16H,5H2. The maximum Gasteiger partial charge on any atom is 0.264 e. The number of halogens is 3. The SMILES string of the molecule is O=S(=O)(Nc1c(F)cccc1Cl)c1cc(CO)sc1Br. The maximum atomic E-state index is 13.6. The van der Waals surface area contributed by atoms with Crippen LogP contribution in [0.25, 0.3) is 0 Å². The maximum absolute atomic E-state index is 13.6. The Bertz CT molecular complexity index is 728. The molecule has 1 aromatic heterocycles. The number of sulfonamides is 1. The van der Waals surface area contributed by atoms with E-state index in [2.05, 4.69) is 20.7 Å². The van der Waals surface area contributed by atoms with E-state index >= 15 is 0 Å². The van der Waals surface area contributed by atoms with Gasteiger partial charge in [0.25, 0.3) is 10.0 Å². The van der Waals surface area contributed by atoms with Crippen molar-refractivity contribution in [2.24, 2.45) is 0 Å². The van der Waals surface area contributed by atoms with Gasteiger partial charge in [0.2, 0.25) is 0 Å². The average molecular weight is 401 g/mol. The van der Waals surface area contributed by atoms with Crippen LogP contribution in [0.5, 0.6) is 0 Å². The number of benzene rings is 1. The number of para-hydroxylation sites is 1. The Hall–Kier alpha value is -0.670. The first kappa shape index (κ1) is 15.7. The minimum atomic E-state index is -4.00. The number of hydrogen-bond donors (Lipinski definition) is 2. The highest BCUT2D eigenvalue weighted by molar-refractivity contribution is 9.11. The van der Waals surface area contributed by atoms with Gasteiger partial charge in [0, 0.05) is 4.88 Å². The minimum absolute atomic E-state index is 0.0395. The van der Waals surface area contributed by atoms with Gasteiger partial charge < -0.3 is 5.11 Å². The molecule has 0 bridgehead atoms. The molecular formula is C11H8BrClFNO3S2. The summed E-state index contributed by atoms with van der Waals surface area (Å²) in [4.78, 5) is 0.391. The molecule has 0 amide bonds. The van der Waals surface area contributed by atoms with Gasteiger partial charge in [-0.1, -0.05) is 17.7 Å². The van der Waals surface area contributed by atoms with E-state index in [4.69, 9.17) is 16.7 Å². The molecule has 0 aliphatic carbocycles. The molecule has 0 atom stereocenters. The molecule has 4 nitrogen and oxygen atoms in total. The monoisotopic (exact) mass is 399 g/mol. The van der Waals surface area contributed by atoms with Crippen molar-refractivity contribution in [3.05, 3.63) is 43.8 Å². The van der Waals surface area contributed by atoms with Gasteiger partial charge in [-0.3, -0.25) is 4.72 Å². The Labute approximate surface area is 132 Å². The summed E-state index contributed by atoms with van der Waals surface area (Å²) >= 11 is 9.97. The molecule has 2 aromatic rings. The van der Waals surface area contributed by atoms with Crippen LogP contribution in [0.2, 0.25) is 5.02 Å². The lowest BCUT2D eigenvalue weighted by Crippen LogP contribution is -2.14. The van der Waals surface area contributed by atoms with Gasteiger partial charge >= 0.3 is 0 Å². The van der Waals surface area contributed by atoms with E-state index in [-0.39, 0.29) is 22.2 Å². The number of aliphatic hydroxyl groups is 1. The van der Waals surface area contributed by atoms with Crippen molar-refractivity contribution in [3.63, 3.8) is 0 Å². The Kier molecular flexibility index (Phi) is 4.70. The average Bonchev–Trinajstić information content (AvgIpc) is 2.76. The highest BCUT2D eigenvalue weighted by Crippen LogP contribution is 2.34. The fourth-order valence-corrected chi connectivity index (χ4v) is 5.34. The Balaban J connectivity index is 2.43. The van der Waals surface area contributed by atoms with Crippen LogP contribution in [-0.2, 0) is 16.6 Å². The first-order valence-electron chi connectivity index (χ1n) is 5.21. The van der Waals surface area contributed by atoms with Crippen molar-refractivity contribution >= 4 is 54.6 Å². The van der Waals surface area contributed by atoms with Crippen LogP contribution in [0.3, 0.4) is 0 Å². The molecular weight excluding hydrogens is 393 g/mol. The normalized spacial score (nSPS) is 11.6. The van der Waals surface area contributed by atoms with Crippen LogP contribution < -0.4 is 4.72 Å². The van der Waals surface area contributed by atoms with Gasteiger partial charge in [0.15, 0.2) is 0 Å². The van der Waals surface area contributed by atoms with Crippen LogP contribution >= 0.6 is 38.9 Å². The second-order valence-electron chi connectivity index (χ2n) is 3.71. The summed E-state index contributed by atoms with van der Waals surface area (Å²) in [5, 5.41) is 8.97. The van der Waals surface area contributed by atoms with Gasteiger partial charge in [-0.2, -0.15) is 0 Å². The van der Waals surface area contributed by atoms with E-state index in [1.807, 2.05) is 0 Å². The molecule has 1 aromatic carbocycles. The highest BCUT2D eigenvalue weighted by atomic mass is 79.9. The molecule has 0 saturated heterocycles. The van der Waals surface area contributed by atoms with Crippen LogP contribution in [0.15, 0.2) is 32.9 Å². The largest absolute Gasteiger partial charge is 0.391 e. The second-order valence-corrected chi connectivity index (χ2v) is 8.22. The van der Waals surface area contributed by atoms with Crippen LogP contribution in [0, 0.1) is 5.82 Å². The summed E-state index contributed by atoms with van der Waals surface area (Å²) in [6.07, 6.45) is 0. The molecule has 1 heterocycles. The van der Waals surface area contributed by atoms with E-state index < -0.39 is 15.8 Å². The van der Waals surface area contributed by atoms with Crippen LogP contribution in [0.4, 0.5) is 10.1 Å².